The molecule has 1 N–H and O–H groups in total. The van der Waals surface area contributed by atoms with E-state index in [1.807, 2.05) is 29.6 Å². The predicted octanol–water partition coefficient (Wildman–Crippen LogP) is 3.31. The number of carbonyl (C=O) groups excluding carboxylic acids is 1. The second kappa shape index (κ2) is 8.06. The van der Waals surface area contributed by atoms with Crippen LogP contribution in [0.4, 0.5) is 0 Å². The standard InChI is InChI=1S/C17H19BrN2O2S/c18-16-10-14(12-23-16)17(21)19-15(13-4-2-1-3-5-13)11-20-6-8-22-9-7-20/h1-5,10,12,15H,6-9,11H2,(H,19,21). The number of halogens is 1. The van der Waals surface area contributed by atoms with Crippen molar-refractivity contribution in [2.75, 3.05) is 32.8 Å². The highest BCUT2D eigenvalue weighted by Crippen LogP contribution is 2.22. The summed E-state index contributed by atoms with van der Waals surface area (Å²) in [4.78, 5) is 14.9. The van der Waals surface area contributed by atoms with Crippen molar-refractivity contribution in [2.45, 2.75) is 6.04 Å². The summed E-state index contributed by atoms with van der Waals surface area (Å²) in [5.74, 6) is -0.0333. The minimum absolute atomic E-state index is 0.0273. The van der Waals surface area contributed by atoms with Gasteiger partial charge in [0.2, 0.25) is 0 Å². The van der Waals surface area contributed by atoms with Crippen LogP contribution >= 0.6 is 27.3 Å². The monoisotopic (exact) mass is 394 g/mol. The summed E-state index contributed by atoms with van der Waals surface area (Å²) in [5, 5.41) is 5.05. The Balaban J connectivity index is 1.73. The summed E-state index contributed by atoms with van der Waals surface area (Å²) in [7, 11) is 0. The van der Waals surface area contributed by atoms with E-state index < -0.39 is 0 Å². The number of thiophene rings is 1. The van der Waals surface area contributed by atoms with E-state index in [0.29, 0.717) is 5.56 Å². The van der Waals surface area contributed by atoms with E-state index in [9.17, 15) is 4.79 Å². The number of benzene rings is 1. The average Bonchev–Trinajstić information content (AvgIpc) is 3.03. The molecule has 6 heteroatoms. The minimum atomic E-state index is -0.0333. The van der Waals surface area contributed by atoms with Crippen molar-refractivity contribution in [3.63, 3.8) is 0 Å². The van der Waals surface area contributed by atoms with Gasteiger partial charge in [0, 0.05) is 25.0 Å². The fraction of sp³-hybridized carbons (Fsp3) is 0.353. The Bertz CT molecular complexity index is 641. The summed E-state index contributed by atoms with van der Waals surface area (Å²) >= 11 is 4.93. The highest BCUT2D eigenvalue weighted by molar-refractivity contribution is 9.11. The van der Waals surface area contributed by atoms with Crippen LogP contribution in [-0.2, 0) is 4.74 Å². The molecule has 1 fully saturated rings. The molecule has 1 aliphatic rings. The van der Waals surface area contributed by atoms with Gasteiger partial charge < -0.3 is 10.1 Å². The lowest BCUT2D eigenvalue weighted by Gasteiger charge is -2.31. The first-order valence-corrected chi connectivity index (χ1v) is 9.29. The lowest BCUT2D eigenvalue weighted by atomic mass is 10.1. The van der Waals surface area contributed by atoms with Gasteiger partial charge in [-0.3, -0.25) is 9.69 Å². The fourth-order valence-corrected chi connectivity index (χ4v) is 3.77. The van der Waals surface area contributed by atoms with Crippen molar-refractivity contribution in [3.05, 3.63) is 56.7 Å². The van der Waals surface area contributed by atoms with E-state index in [2.05, 4.69) is 38.3 Å². The zero-order chi connectivity index (χ0) is 16.1. The van der Waals surface area contributed by atoms with E-state index in [4.69, 9.17) is 4.74 Å². The normalized spacial score (nSPS) is 16.9. The van der Waals surface area contributed by atoms with Crippen LogP contribution in [0, 0.1) is 0 Å². The van der Waals surface area contributed by atoms with Gasteiger partial charge in [-0.05, 0) is 27.6 Å². The van der Waals surface area contributed by atoms with Gasteiger partial charge >= 0.3 is 0 Å². The van der Waals surface area contributed by atoms with Crippen molar-refractivity contribution in [2.24, 2.45) is 0 Å². The van der Waals surface area contributed by atoms with Gasteiger partial charge in [0.05, 0.1) is 28.6 Å². The van der Waals surface area contributed by atoms with Crippen LogP contribution in [0.15, 0.2) is 45.6 Å². The van der Waals surface area contributed by atoms with Gasteiger partial charge in [-0.25, -0.2) is 0 Å². The maximum atomic E-state index is 12.5. The molecule has 2 aromatic rings. The van der Waals surface area contributed by atoms with Crippen molar-refractivity contribution in [1.29, 1.82) is 0 Å². The summed E-state index contributed by atoms with van der Waals surface area (Å²) in [6.45, 7) is 4.12. The third-order valence-corrected chi connectivity index (χ3v) is 5.39. The van der Waals surface area contributed by atoms with E-state index in [1.54, 1.807) is 0 Å². The maximum absolute atomic E-state index is 12.5. The summed E-state index contributed by atoms with van der Waals surface area (Å²) in [6, 6.07) is 12.0. The molecule has 1 amide bonds. The maximum Gasteiger partial charge on any atom is 0.252 e. The Morgan fingerprint density at radius 2 is 2.04 bits per heavy atom. The van der Waals surface area contributed by atoms with E-state index >= 15 is 0 Å². The van der Waals surface area contributed by atoms with Crippen LogP contribution in [0.5, 0.6) is 0 Å². The lowest BCUT2D eigenvalue weighted by molar-refractivity contribution is 0.0332. The third kappa shape index (κ3) is 4.64. The van der Waals surface area contributed by atoms with E-state index in [-0.39, 0.29) is 11.9 Å². The number of ether oxygens (including phenoxy) is 1. The second-order valence-electron chi connectivity index (χ2n) is 5.49. The molecule has 122 valence electrons. The molecule has 3 rings (SSSR count). The molecule has 0 radical (unpaired) electrons. The van der Waals surface area contributed by atoms with E-state index in [1.165, 1.54) is 11.3 Å². The molecule has 4 nitrogen and oxygen atoms in total. The Kier molecular flexibility index (Phi) is 5.83. The van der Waals surface area contributed by atoms with Gasteiger partial charge in [-0.2, -0.15) is 0 Å². The molecule has 1 aromatic carbocycles. The molecule has 0 spiro atoms. The Labute approximate surface area is 148 Å². The fourth-order valence-electron chi connectivity index (χ4n) is 2.63. The van der Waals surface area contributed by atoms with Crippen molar-refractivity contribution < 1.29 is 9.53 Å². The first-order chi connectivity index (χ1) is 11.2. The smallest absolute Gasteiger partial charge is 0.252 e. The average molecular weight is 395 g/mol. The number of nitrogens with zero attached hydrogens (tertiary/aromatic N) is 1. The van der Waals surface area contributed by atoms with Crippen LogP contribution in [0.2, 0.25) is 0 Å². The highest BCUT2D eigenvalue weighted by Gasteiger charge is 2.21. The second-order valence-corrected chi connectivity index (χ2v) is 7.78. The van der Waals surface area contributed by atoms with E-state index in [0.717, 1.165) is 42.2 Å². The van der Waals surface area contributed by atoms with Crippen LogP contribution in [0.25, 0.3) is 0 Å². The Morgan fingerprint density at radius 3 is 2.70 bits per heavy atom. The molecular formula is C17H19BrN2O2S. The van der Waals surface area contributed by atoms with Crippen molar-refractivity contribution in [3.8, 4) is 0 Å². The topological polar surface area (TPSA) is 41.6 Å². The first kappa shape index (κ1) is 16.6. The molecule has 1 atom stereocenters. The summed E-state index contributed by atoms with van der Waals surface area (Å²) in [6.07, 6.45) is 0. The molecule has 2 heterocycles. The molecule has 1 unspecified atom stereocenters. The van der Waals surface area contributed by atoms with Crippen LogP contribution < -0.4 is 5.32 Å². The number of carbonyl (C=O) groups is 1. The number of hydrogen-bond acceptors (Lipinski definition) is 4. The molecule has 1 aliphatic heterocycles. The molecule has 0 bridgehead atoms. The van der Waals surface area contributed by atoms with Gasteiger partial charge in [-0.1, -0.05) is 30.3 Å². The first-order valence-electron chi connectivity index (χ1n) is 7.62. The molecular weight excluding hydrogens is 376 g/mol. The number of morpholine rings is 1. The van der Waals surface area contributed by atoms with Crippen molar-refractivity contribution >= 4 is 33.2 Å². The summed E-state index contributed by atoms with van der Waals surface area (Å²) < 4.78 is 6.37. The third-order valence-electron chi connectivity index (χ3n) is 3.88. The lowest BCUT2D eigenvalue weighted by Crippen LogP contribution is -2.43. The SMILES string of the molecule is O=C(NC(CN1CCOCC1)c1ccccc1)c1csc(Br)c1. The van der Waals surface area contributed by atoms with Crippen LogP contribution in [0.1, 0.15) is 22.0 Å². The number of amides is 1. The van der Waals surface area contributed by atoms with Gasteiger partial charge in [0.1, 0.15) is 0 Å². The Hall–Kier alpha value is -1.21. The number of hydrogen-bond donors (Lipinski definition) is 1. The van der Waals surface area contributed by atoms with Gasteiger partial charge in [0.25, 0.3) is 5.91 Å². The zero-order valence-electron chi connectivity index (χ0n) is 12.7. The Morgan fingerprint density at radius 1 is 1.30 bits per heavy atom. The molecule has 23 heavy (non-hydrogen) atoms. The predicted molar refractivity (Wildman–Crippen MR) is 95.9 cm³/mol. The molecule has 0 saturated carbocycles. The largest absolute Gasteiger partial charge is 0.379 e. The van der Waals surface area contributed by atoms with Gasteiger partial charge in [0.15, 0.2) is 0 Å². The number of nitrogens with one attached hydrogen (secondary N) is 1. The quantitative estimate of drug-likeness (QED) is 0.845. The molecule has 1 aromatic heterocycles. The molecule has 1 saturated heterocycles. The minimum Gasteiger partial charge on any atom is -0.379 e. The van der Waals surface area contributed by atoms with Gasteiger partial charge in [-0.15, -0.1) is 11.3 Å². The molecule has 0 aliphatic carbocycles. The van der Waals surface area contributed by atoms with Crippen LogP contribution in [0.3, 0.4) is 0 Å². The van der Waals surface area contributed by atoms with Crippen molar-refractivity contribution in [1.82, 2.24) is 10.2 Å². The van der Waals surface area contributed by atoms with Crippen LogP contribution in [-0.4, -0.2) is 43.7 Å². The highest BCUT2D eigenvalue weighted by atomic mass is 79.9. The summed E-state index contributed by atoms with van der Waals surface area (Å²) in [5.41, 5.74) is 1.83. The zero-order valence-corrected chi connectivity index (χ0v) is 15.1. The number of rotatable bonds is 5.